The van der Waals surface area contributed by atoms with Crippen molar-refractivity contribution in [3.05, 3.63) is 11.1 Å². The van der Waals surface area contributed by atoms with Crippen LogP contribution < -0.4 is 4.90 Å². The molecule has 11 heteroatoms. The van der Waals surface area contributed by atoms with E-state index in [4.69, 9.17) is 19.0 Å². The van der Waals surface area contributed by atoms with Gasteiger partial charge < -0.3 is 19.0 Å². The van der Waals surface area contributed by atoms with E-state index in [2.05, 4.69) is 10.1 Å². The number of rotatable bonds is 5. The summed E-state index contributed by atoms with van der Waals surface area (Å²) in [4.78, 5) is 48.3. The van der Waals surface area contributed by atoms with Crippen molar-refractivity contribution in [3.8, 4) is 0 Å². The predicted molar refractivity (Wildman–Crippen MR) is 121 cm³/mol. The molecule has 0 aliphatic rings. The highest BCUT2D eigenvalue weighted by molar-refractivity contribution is 7.14. The van der Waals surface area contributed by atoms with Gasteiger partial charge in [-0.05, 0) is 69.2 Å². The zero-order valence-corrected chi connectivity index (χ0v) is 21.2. The summed E-state index contributed by atoms with van der Waals surface area (Å²) in [7, 11) is 0. The Morgan fingerprint density at radius 1 is 0.938 bits per heavy atom. The van der Waals surface area contributed by atoms with Crippen LogP contribution in [-0.2, 0) is 23.8 Å². The molecule has 0 unspecified atom stereocenters. The van der Waals surface area contributed by atoms with E-state index in [1.807, 2.05) is 0 Å². The molecule has 1 aromatic rings. The van der Waals surface area contributed by atoms with Gasteiger partial charge in [-0.3, -0.25) is 0 Å². The van der Waals surface area contributed by atoms with Gasteiger partial charge in [0.05, 0.1) is 6.61 Å². The molecule has 10 nitrogen and oxygen atoms in total. The third-order valence-electron chi connectivity index (χ3n) is 2.96. The number of anilines is 1. The molecule has 0 atom stereocenters. The fourth-order valence-electron chi connectivity index (χ4n) is 1.89. The van der Waals surface area contributed by atoms with Gasteiger partial charge in [0, 0.05) is 5.38 Å². The van der Waals surface area contributed by atoms with Crippen molar-refractivity contribution in [1.29, 1.82) is 0 Å². The fourth-order valence-corrected chi connectivity index (χ4v) is 2.68. The number of hydrogen-bond donors (Lipinski definition) is 0. The minimum Gasteiger partial charge on any atom is -0.461 e. The van der Waals surface area contributed by atoms with Gasteiger partial charge in [0.2, 0.25) is 10.8 Å². The van der Waals surface area contributed by atoms with Crippen LogP contribution in [0, 0.1) is 0 Å². The normalized spacial score (nSPS) is 12.8. The maximum absolute atomic E-state index is 12.8. The molecular weight excluding hydrogens is 438 g/mol. The second-order valence-corrected chi connectivity index (χ2v) is 10.5. The van der Waals surface area contributed by atoms with Gasteiger partial charge in [-0.15, -0.1) is 11.3 Å². The fraction of sp³-hybridized carbons (Fsp3) is 0.667. The summed E-state index contributed by atoms with van der Waals surface area (Å²) in [5.41, 5.74) is -2.52. The smallest absolute Gasteiger partial charge is 0.426 e. The van der Waals surface area contributed by atoms with E-state index in [0.717, 1.165) is 11.3 Å². The van der Waals surface area contributed by atoms with Crippen molar-refractivity contribution in [3.63, 3.8) is 0 Å². The first-order valence-electron chi connectivity index (χ1n) is 10.1. The van der Waals surface area contributed by atoms with Crippen LogP contribution in [0.1, 0.15) is 74.9 Å². The molecule has 32 heavy (non-hydrogen) atoms. The summed E-state index contributed by atoms with van der Waals surface area (Å²) in [6.45, 7) is 17.1. The Morgan fingerprint density at radius 3 is 1.84 bits per heavy atom. The molecule has 0 fully saturated rings. The van der Waals surface area contributed by atoms with Crippen molar-refractivity contribution >= 4 is 40.3 Å². The number of thiazole rings is 1. The first-order valence-corrected chi connectivity index (χ1v) is 11.0. The Kier molecular flexibility index (Phi) is 8.79. The largest absolute Gasteiger partial charge is 0.461 e. The molecule has 0 bridgehead atoms. The van der Waals surface area contributed by atoms with Crippen molar-refractivity contribution in [2.24, 2.45) is 5.16 Å². The molecule has 0 radical (unpaired) electrons. The summed E-state index contributed by atoms with van der Waals surface area (Å²) >= 11 is 0.932. The first kappa shape index (κ1) is 27.3. The Balaban J connectivity index is 3.41. The Bertz CT molecular complexity index is 830. The maximum atomic E-state index is 12.8. The Hall–Kier alpha value is -2.69. The number of carbonyl (C=O) groups is 3. The molecule has 0 aliphatic carbocycles. The minimum atomic E-state index is -0.965. The van der Waals surface area contributed by atoms with E-state index in [1.54, 1.807) is 69.2 Å². The van der Waals surface area contributed by atoms with Crippen LogP contribution in [0.5, 0.6) is 0 Å². The first-order chi connectivity index (χ1) is 14.4. The van der Waals surface area contributed by atoms with Crippen molar-refractivity contribution in [2.45, 2.75) is 86.0 Å². The number of ether oxygens (including phenoxy) is 3. The number of nitrogens with zero attached hydrogens (tertiary/aromatic N) is 3. The SMILES string of the molecule is CCOC(=O)/C(=N\OC(C)(C)C)c1csc(N(C(=O)OC(C)(C)C)C(=O)OC(C)(C)C)n1. The van der Waals surface area contributed by atoms with E-state index in [-0.39, 0.29) is 23.1 Å². The van der Waals surface area contributed by atoms with Crippen LogP contribution in [0.2, 0.25) is 0 Å². The number of oxime groups is 1. The molecule has 1 aromatic heterocycles. The van der Waals surface area contributed by atoms with Gasteiger partial charge in [-0.1, -0.05) is 5.16 Å². The molecule has 180 valence electrons. The second kappa shape index (κ2) is 10.3. The third-order valence-corrected chi connectivity index (χ3v) is 3.78. The summed E-state index contributed by atoms with van der Waals surface area (Å²) in [6, 6.07) is 0. The molecule has 1 heterocycles. The van der Waals surface area contributed by atoms with Gasteiger partial charge >= 0.3 is 18.2 Å². The zero-order chi connectivity index (χ0) is 24.9. The number of esters is 1. The van der Waals surface area contributed by atoms with Crippen LogP contribution in [0.25, 0.3) is 0 Å². The van der Waals surface area contributed by atoms with Crippen LogP contribution in [0.3, 0.4) is 0 Å². The number of amides is 2. The Morgan fingerprint density at radius 2 is 1.44 bits per heavy atom. The van der Waals surface area contributed by atoms with E-state index >= 15 is 0 Å². The van der Waals surface area contributed by atoms with Gasteiger partial charge in [-0.2, -0.15) is 4.90 Å². The number of hydrogen-bond acceptors (Lipinski definition) is 10. The number of aromatic nitrogens is 1. The average molecular weight is 472 g/mol. The van der Waals surface area contributed by atoms with Gasteiger partial charge in [0.25, 0.3) is 0 Å². The van der Waals surface area contributed by atoms with Gasteiger partial charge in [-0.25, -0.2) is 19.4 Å². The van der Waals surface area contributed by atoms with Crippen molar-refractivity contribution in [2.75, 3.05) is 11.5 Å². The highest BCUT2D eigenvalue weighted by Crippen LogP contribution is 2.26. The summed E-state index contributed by atoms with van der Waals surface area (Å²) in [6.07, 6.45) is -1.93. The van der Waals surface area contributed by atoms with Crippen LogP contribution in [0.4, 0.5) is 14.7 Å². The molecule has 0 N–H and O–H groups in total. The van der Waals surface area contributed by atoms with Crippen LogP contribution in [-0.4, -0.2) is 52.3 Å². The predicted octanol–water partition coefficient (Wildman–Crippen LogP) is 4.90. The summed E-state index contributed by atoms with van der Waals surface area (Å²) < 4.78 is 15.7. The molecule has 0 aliphatic heterocycles. The molecule has 0 aromatic carbocycles. The van der Waals surface area contributed by atoms with Crippen molar-refractivity contribution < 1.29 is 33.4 Å². The van der Waals surface area contributed by atoms with Gasteiger partial charge in [0.15, 0.2) is 0 Å². The minimum absolute atomic E-state index is 0.0590. The van der Waals surface area contributed by atoms with E-state index < -0.39 is 35.0 Å². The number of imide groups is 1. The molecular formula is C21H33N3O7S. The third kappa shape index (κ3) is 9.21. The lowest BCUT2D eigenvalue weighted by molar-refractivity contribution is -0.135. The molecule has 0 saturated heterocycles. The summed E-state index contributed by atoms with van der Waals surface area (Å²) in [5, 5.41) is 5.30. The molecule has 0 spiro atoms. The lowest BCUT2D eigenvalue weighted by Gasteiger charge is -2.27. The highest BCUT2D eigenvalue weighted by Gasteiger charge is 2.35. The van der Waals surface area contributed by atoms with Gasteiger partial charge in [0.1, 0.15) is 22.5 Å². The van der Waals surface area contributed by atoms with Crippen molar-refractivity contribution in [1.82, 2.24) is 4.98 Å². The van der Waals surface area contributed by atoms with Crippen LogP contribution >= 0.6 is 11.3 Å². The molecule has 2 amide bonds. The second-order valence-electron chi connectivity index (χ2n) is 9.68. The van der Waals surface area contributed by atoms with E-state index in [9.17, 15) is 14.4 Å². The molecule has 0 saturated carbocycles. The standard InChI is InChI=1S/C21H33N3O7S/c1-11-28-15(25)14(23-31-21(8,9)10)13-12-32-16(22-13)24(17(26)29-19(2,3)4)18(27)30-20(5,6)7/h12H,11H2,1-10H3/b23-14-. The topological polar surface area (TPSA) is 117 Å². The highest BCUT2D eigenvalue weighted by atomic mass is 32.1. The number of carbonyl (C=O) groups excluding carboxylic acids is 3. The Labute approximate surface area is 192 Å². The van der Waals surface area contributed by atoms with E-state index in [1.165, 1.54) is 5.38 Å². The summed E-state index contributed by atoms with van der Waals surface area (Å²) in [5.74, 6) is -0.755. The lowest BCUT2D eigenvalue weighted by Crippen LogP contribution is -2.43. The maximum Gasteiger partial charge on any atom is 0.426 e. The average Bonchev–Trinajstić information content (AvgIpc) is 2.99. The monoisotopic (exact) mass is 471 g/mol. The quantitative estimate of drug-likeness (QED) is 0.258. The van der Waals surface area contributed by atoms with E-state index in [0.29, 0.717) is 4.90 Å². The van der Waals surface area contributed by atoms with Crippen LogP contribution in [0.15, 0.2) is 10.5 Å². The zero-order valence-electron chi connectivity index (χ0n) is 20.4. The molecule has 1 rings (SSSR count). The lowest BCUT2D eigenvalue weighted by atomic mass is 10.2.